The fourth-order valence-corrected chi connectivity index (χ4v) is 3.98. The van der Waals surface area contributed by atoms with Crippen LogP contribution in [0.2, 0.25) is 0 Å². The van der Waals surface area contributed by atoms with Crippen molar-refractivity contribution in [1.29, 1.82) is 0 Å². The number of fused-ring (bicyclic) bond motifs is 1. The van der Waals surface area contributed by atoms with Crippen LogP contribution < -0.4 is 5.32 Å². The monoisotopic (exact) mass is 390 g/mol. The molecule has 1 aliphatic heterocycles. The summed E-state index contributed by atoms with van der Waals surface area (Å²) in [5.74, 6) is 0.224. The van der Waals surface area contributed by atoms with Crippen LogP contribution >= 0.6 is 0 Å². The Labute approximate surface area is 170 Å². The van der Waals surface area contributed by atoms with E-state index in [-0.39, 0.29) is 11.8 Å². The van der Waals surface area contributed by atoms with Gasteiger partial charge in [-0.3, -0.25) is 14.6 Å². The number of benzene rings is 1. The lowest BCUT2D eigenvalue weighted by Gasteiger charge is -2.30. The van der Waals surface area contributed by atoms with Gasteiger partial charge in [-0.05, 0) is 48.9 Å². The molecular weight excluding hydrogens is 364 g/mol. The van der Waals surface area contributed by atoms with Gasteiger partial charge in [0, 0.05) is 48.5 Å². The van der Waals surface area contributed by atoms with E-state index < -0.39 is 0 Å². The first-order valence-corrected chi connectivity index (χ1v) is 10.2. The van der Waals surface area contributed by atoms with Gasteiger partial charge in [-0.25, -0.2) is 0 Å². The quantitative estimate of drug-likeness (QED) is 0.701. The van der Waals surface area contributed by atoms with Crippen molar-refractivity contribution in [1.82, 2.24) is 20.2 Å². The lowest BCUT2D eigenvalue weighted by atomic mass is 10.00. The smallest absolute Gasteiger partial charge is 0.272 e. The van der Waals surface area contributed by atoms with Gasteiger partial charge in [0.25, 0.3) is 11.8 Å². The number of hydrogen-bond donors (Lipinski definition) is 2. The highest BCUT2D eigenvalue weighted by Gasteiger charge is 2.23. The fraction of sp³-hybridized carbons (Fsp3) is 0.348. The second-order valence-corrected chi connectivity index (χ2v) is 7.79. The summed E-state index contributed by atoms with van der Waals surface area (Å²) in [6.07, 6.45) is 6.42. The van der Waals surface area contributed by atoms with Gasteiger partial charge in [0.15, 0.2) is 0 Å². The Morgan fingerprint density at radius 1 is 1.28 bits per heavy atom. The Morgan fingerprint density at radius 2 is 2.14 bits per heavy atom. The van der Waals surface area contributed by atoms with Crippen molar-refractivity contribution >= 4 is 22.7 Å². The van der Waals surface area contributed by atoms with Crippen LogP contribution in [0.4, 0.5) is 0 Å². The van der Waals surface area contributed by atoms with E-state index >= 15 is 0 Å². The molecule has 1 aromatic carbocycles. The summed E-state index contributed by atoms with van der Waals surface area (Å²) in [6.45, 7) is 4.19. The number of rotatable bonds is 5. The molecule has 4 rings (SSSR count). The predicted molar refractivity (Wildman–Crippen MR) is 113 cm³/mol. The molecule has 6 nitrogen and oxygen atoms in total. The van der Waals surface area contributed by atoms with E-state index in [0.29, 0.717) is 23.7 Å². The molecule has 1 unspecified atom stereocenters. The lowest BCUT2D eigenvalue weighted by molar-refractivity contribution is 0.0677. The third kappa shape index (κ3) is 4.31. The van der Waals surface area contributed by atoms with Crippen LogP contribution in [0, 0.1) is 5.92 Å². The van der Waals surface area contributed by atoms with Gasteiger partial charge < -0.3 is 15.2 Å². The van der Waals surface area contributed by atoms with Crippen molar-refractivity contribution in [2.24, 2.45) is 5.92 Å². The summed E-state index contributed by atoms with van der Waals surface area (Å²) in [5, 5.41) is 4.12. The van der Waals surface area contributed by atoms with Gasteiger partial charge in [-0.1, -0.05) is 25.1 Å². The maximum absolute atomic E-state index is 12.7. The van der Waals surface area contributed by atoms with Crippen molar-refractivity contribution in [2.75, 3.05) is 19.6 Å². The number of carbonyl (C=O) groups is 2. The van der Waals surface area contributed by atoms with E-state index in [1.807, 2.05) is 29.3 Å². The molecule has 0 radical (unpaired) electrons. The van der Waals surface area contributed by atoms with E-state index in [4.69, 9.17) is 0 Å². The van der Waals surface area contributed by atoms with Crippen molar-refractivity contribution < 1.29 is 9.59 Å². The molecule has 1 fully saturated rings. The molecule has 150 valence electrons. The number of piperidine rings is 1. The second kappa shape index (κ2) is 8.47. The minimum atomic E-state index is -0.187. The summed E-state index contributed by atoms with van der Waals surface area (Å²) in [4.78, 5) is 34.6. The number of hydrogen-bond acceptors (Lipinski definition) is 3. The number of amides is 2. The number of carbonyl (C=O) groups excluding carboxylic acids is 2. The molecule has 1 atom stereocenters. The zero-order valence-corrected chi connectivity index (χ0v) is 16.6. The van der Waals surface area contributed by atoms with Crippen LogP contribution in [0.15, 0.2) is 48.8 Å². The van der Waals surface area contributed by atoms with E-state index in [1.165, 1.54) is 17.1 Å². The number of nitrogens with one attached hydrogen (secondary N) is 2. The Balaban J connectivity index is 1.37. The van der Waals surface area contributed by atoms with Gasteiger partial charge >= 0.3 is 0 Å². The summed E-state index contributed by atoms with van der Waals surface area (Å²) in [7, 11) is 0. The van der Waals surface area contributed by atoms with Crippen LogP contribution in [0.3, 0.4) is 0 Å². The van der Waals surface area contributed by atoms with Crippen molar-refractivity contribution in [3.63, 3.8) is 0 Å². The molecule has 0 spiro atoms. The Hall–Kier alpha value is -3.15. The van der Waals surface area contributed by atoms with Gasteiger partial charge in [0.1, 0.15) is 5.69 Å². The summed E-state index contributed by atoms with van der Waals surface area (Å²) in [6, 6.07) is 11.4. The molecule has 2 N–H and O–H groups in total. The molecule has 3 aromatic rings. The molecule has 2 amide bonds. The van der Waals surface area contributed by atoms with Crippen LogP contribution in [-0.4, -0.2) is 46.3 Å². The van der Waals surface area contributed by atoms with Gasteiger partial charge in [0.2, 0.25) is 0 Å². The first kappa shape index (κ1) is 19.2. The highest BCUT2D eigenvalue weighted by atomic mass is 16.2. The molecular formula is C23H26N4O2. The lowest BCUT2D eigenvalue weighted by Crippen LogP contribution is -2.39. The molecule has 29 heavy (non-hydrogen) atoms. The average Bonchev–Trinajstić information content (AvgIpc) is 3.16. The molecule has 0 bridgehead atoms. The maximum Gasteiger partial charge on any atom is 0.272 e. The number of likely N-dealkylation sites (tertiary alicyclic amines) is 1. The molecule has 2 aromatic heterocycles. The summed E-state index contributed by atoms with van der Waals surface area (Å²) < 4.78 is 0. The van der Waals surface area contributed by atoms with E-state index in [1.54, 1.807) is 12.1 Å². The van der Waals surface area contributed by atoms with Crippen LogP contribution in [0.25, 0.3) is 10.9 Å². The molecule has 6 heteroatoms. The topological polar surface area (TPSA) is 78.1 Å². The maximum atomic E-state index is 12.7. The highest BCUT2D eigenvalue weighted by molar-refractivity contribution is 5.98. The van der Waals surface area contributed by atoms with Gasteiger partial charge in [-0.2, -0.15) is 0 Å². The molecule has 0 saturated carbocycles. The fourth-order valence-electron chi connectivity index (χ4n) is 3.98. The number of nitrogens with zero attached hydrogens (tertiary/aromatic N) is 2. The Morgan fingerprint density at radius 3 is 3.00 bits per heavy atom. The van der Waals surface area contributed by atoms with E-state index in [0.717, 1.165) is 37.9 Å². The average molecular weight is 390 g/mol. The molecule has 1 saturated heterocycles. The van der Waals surface area contributed by atoms with Gasteiger partial charge in [-0.15, -0.1) is 0 Å². The first-order valence-electron chi connectivity index (χ1n) is 10.2. The van der Waals surface area contributed by atoms with Crippen molar-refractivity contribution in [2.45, 2.75) is 26.2 Å². The first-order chi connectivity index (χ1) is 14.1. The van der Waals surface area contributed by atoms with E-state index in [9.17, 15) is 9.59 Å². The normalized spacial score (nSPS) is 16.7. The number of para-hydroxylation sites is 1. The second-order valence-electron chi connectivity index (χ2n) is 7.79. The third-order valence-corrected chi connectivity index (χ3v) is 5.54. The Bertz CT molecular complexity index is 1030. The summed E-state index contributed by atoms with van der Waals surface area (Å²) >= 11 is 0. The third-order valence-electron chi connectivity index (χ3n) is 5.54. The van der Waals surface area contributed by atoms with Crippen LogP contribution in [0.5, 0.6) is 0 Å². The number of aromatic nitrogens is 2. The molecule has 3 heterocycles. The van der Waals surface area contributed by atoms with Crippen molar-refractivity contribution in [3.8, 4) is 0 Å². The minimum Gasteiger partial charge on any atom is -0.361 e. The zero-order valence-electron chi connectivity index (χ0n) is 16.6. The minimum absolute atomic E-state index is 0.0926. The standard InChI is InChI=1S/C23H26N4O2/c1-16-5-4-12-27(15-16)23(29)21-13-17(8-10-24-21)22(28)25-11-9-18-14-26-20-7-3-2-6-19(18)20/h2-3,6-8,10,13-14,16,26H,4-5,9,11-12,15H2,1H3,(H,25,28). The Kier molecular flexibility index (Phi) is 5.60. The molecule has 0 aliphatic carbocycles. The SMILES string of the molecule is CC1CCCN(C(=O)c2cc(C(=O)NCCc3c[nH]c4ccccc34)ccn2)C1. The number of aromatic amines is 1. The van der Waals surface area contributed by atoms with E-state index in [2.05, 4.69) is 28.3 Å². The van der Waals surface area contributed by atoms with Crippen LogP contribution in [-0.2, 0) is 6.42 Å². The highest BCUT2D eigenvalue weighted by Crippen LogP contribution is 2.19. The summed E-state index contributed by atoms with van der Waals surface area (Å²) in [5.41, 5.74) is 3.07. The largest absolute Gasteiger partial charge is 0.361 e. The molecule has 1 aliphatic rings. The van der Waals surface area contributed by atoms with Crippen LogP contribution in [0.1, 0.15) is 46.2 Å². The van der Waals surface area contributed by atoms with Crippen molar-refractivity contribution in [3.05, 3.63) is 65.6 Å². The predicted octanol–water partition coefficient (Wildman–Crippen LogP) is 3.41. The zero-order chi connectivity index (χ0) is 20.2. The number of H-pyrrole nitrogens is 1. The number of pyridine rings is 1. The van der Waals surface area contributed by atoms with Gasteiger partial charge in [0.05, 0.1) is 0 Å².